The minimum absolute atomic E-state index is 0.208. The Balaban J connectivity index is 1.91. The number of carbonyl (C=O) groups is 2. The Bertz CT molecular complexity index is 1040. The number of esters is 2. The van der Waals surface area contributed by atoms with Gasteiger partial charge in [0, 0.05) is 18.2 Å². The molecule has 0 heterocycles. The van der Waals surface area contributed by atoms with Crippen LogP contribution in [0.1, 0.15) is 20.7 Å². The highest BCUT2D eigenvalue weighted by Crippen LogP contribution is 2.27. The first-order valence-corrected chi connectivity index (χ1v) is 9.44. The highest BCUT2D eigenvalue weighted by atomic mass is 32.2. The predicted octanol–water partition coefficient (Wildman–Crippen LogP) is 3.37. The summed E-state index contributed by atoms with van der Waals surface area (Å²) in [6.07, 6.45) is 0. The van der Waals surface area contributed by atoms with Gasteiger partial charge in [0.15, 0.2) is 0 Å². The monoisotopic (exact) mass is 398 g/mol. The van der Waals surface area contributed by atoms with Gasteiger partial charge in [0.1, 0.15) is 16.4 Å². The Labute approximate surface area is 160 Å². The molecule has 0 unspecified atom stereocenters. The molecule has 8 heteroatoms. The molecule has 0 fully saturated rings. The SMILES string of the molecule is O=C(Oc1cc(OC(=O)c2ccccc2)cc(S(=O)(=O)O)c1)c1ccccc1. The first-order chi connectivity index (χ1) is 13.3. The van der Waals surface area contributed by atoms with Crippen LogP contribution >= 0.6 is 0 Å². The lowest BCUT2D eigenvalue weighted by atomic mass is 10.2. The van der Waals surface area contributed by atoms with Crippen LogP contribution in [-0.2, 0) is 10.1 Å². The summed E-state index contributed by atoms with van der Waals surface area (Å²) in [5, 5.41) is 0. The maximum Gasteiger partial charge on any atom is 0.343 e. The summed E-state index contributed by atoms with van der Waals surface area (Å²) in [5.74, 6) is -1.90. The lowest BCUT2D eigenvalue weighted by Gasteiger charge is -2.10. The summed E-state index contributed by atoms with van der Waals surface area (Å²) in [6.45, 7) is 0. The van der Waals surface area contributed by atoms with Crippen molar-refractivity contribution in [2.75, 3.05) is 0 Å². The molecule has 0 bridgehead atoms. The summed E-state index contributed by atoms with van der Waals surface area (Å²) in [6, 6.07) is 19.1. The third-order valence-corrected chi connectivity index (χ3v) is 4.42. The van der Waals surface area contributed by atoms with E-state index in [9.17, 15) is 22.6 Å². The molecule has 3 aromatic rings. The van der Waals surface area contributed by atoms with E-state index >= 15 is 0 Å². The van der Waals surface area contributed by atoms with Crippen LogP contribution in [0, 0.1) is 0 Å². The van der Waals surface area contributed by atoms with E-state index in [0.717, 1.165) is 12.1 Å². The van der Waals surface area contributed by atoms with Crippen molar-refractivity contribution in [3.8, 4) is 11.5 Å². The summed E-state index contributed by atoms with van der Waals surface area (Å²) in [7, 11) is -4.63. The number of carbonyl (C=O) groups excluding carboxylic acids is 2. The van der Waals surface area contributed by atoms with Gasteiger partial charge in [-0.2, -0.15) is 8.42 Å². The van der Waals surface area contributed by atoms with Crippen LogP contribution in [0.2, 0.25) is 0 Å². The molecule has 0 aromatic heterocycles. The normalized spacial score (nSPS) is 10.9. The zero-order valence-corrected chi connectivity index (χ0v) is 15.1. The predicted molar refractivity (Wildman–Crippen MR) is 99.1 cm³/mol. The lowest BCUT2D eigenvalue weighted by Crippen LogP contribution is -2.11. The van der Waals surface area contributed by atoms with Crippen molar-refractivity contribution < 1.29 is 32.0 Å². The maximum atomic E-state index is 12.2. The van der Waals surface area contributed by atoms with Crippen molar-refractivity contribution in [3.05, 3.63) is 90.0 Å². The first-order valence-electron chi connectivity index (χ1n) is 8.00. The molecule has 0 radical (unpaired) electrons. The Morgan fingerprint density at radius 3 is 1.43 bits per heavy atom. The van der Waals surface area contributed by atoms with E-state index in [4.69, 9.17) is 9.47 Å². The van der Waals surface area contributed by atoms with Crippen molar-refractivity contribution in [1.29, 1.82) is 0 Å². The molecular formula is C20H14O7S. The topological polar surface area (TPSA) is 107 Å². The van der Waals surface area contributed by atoms with Crippen molar-refractivity contribution in [1.82, 2.24) is 0 Å². The van der Waals surface area contributed by atoms with Gasteiger partial charge in [-0.25, -0.2) is 9.59 Å². The van der Waals surface area contributed by atoms with Crippen LogP contribution in [0.3, 0.4) is 0 Å². The molecule has 3 aromatic carbocycles. The van der Waals surface area contributed by atoms with Crippen LogP contribution < -0.4 is 9.47 Å². The van der Waals surface area contributed by atoms with Gasteiger partial charge in [0.05, 0.1) is 11.1 Å². The fourth-order valence-corrected chi connectivity index (χ4v) is 2.82. The molecule has 3 rings (SSSR count). The highest BCUT2D eigenvalue weighted by Gasteiger charge is 2.18. The Hall–Kier alpha value is -3.49. The van der Waals surface area contributed by atoms with E-state index in [1.165, 1.54) is 30.3 Å². The molecule has 0 atom stereocenters. The van der Waals surface area contributed by atoms with E-state index < -0.39 is 27.0 Å². The average molecular weight is 398 g/mol. The van der Waals surface area contributed by atoms with E-state index in [1.54, 1.807) is 36.4 Å². The molecule has 1 N–H and O–H groups in total. The Kier molecular flexibility index (Phi) is 5.53. The maximum absolute atomic E-state index is 12.2. The van der Waals surface area contributed by atoms with Crippen LogP contribution in [-0.4, -0.2) is 24.9 Å². The second kappa shape index (κ2) is 8.03. The van der Waals surface area contributed by atoms with Gasteiger partial charge in [-0.05, 0) is 24.3 Å². The number of hydrogen-bond acceptors (Lipinski definition) is 6. The number of rotatable bonds is 5. The molecule has 0 spiro atoms. The zero-order valence-electron chi connectivity index (χ0n) is 14.3. The van der Waals surface area contributed by atoms with E-state index in [1.807, 2.05) is 0 Å². The van der Waals surface area contributed by atoms with Crippen molar-refractivity contribution in [2.24, 2.45) is 0 Å². The molecule has 0 saturated heterocycles. The van der Waals surface area contributed by atoms with E-state index in [-0.39, 0.29) is 22.6 Å². The largest absolute Gasteiger partial charge is 0.423 e. The van der Waals surface area contributed by atoms with Gasteiger partial charge < -0.3 is 9.47 Å². The van der Waals surface area contributed by atoms with E-state index in [2.05, 4.69) is 0 Å². The standard InChI is InChI=1S/C20H14O7S/c21-19(14-7-3-1-4-8-14)26-16-11-17(13-18(12-16)28(23,24)25)27-20(22)15-9-5-2-6-10-15/h1-13H,(H,23,24,25). The first kappa shape index (κ1) is 19.3. The average Bonchev–Trinajstić information content (AvgIpc) is 2.68. The highest BCUT2D eigenvalue weighted by molar-refractivity contribution is 7.85. The number of benzene rings is 3. The fourth-order valence-electron chi connectivity index (χ4n) is 2.29. The van der Waals surface area contributed by atoms with Crippen LogP contribution in [0.5, 0.6) is 11.5 Å². The summed E-state index contributed by atoms with van der Waals surface area (Å²) >= 11 is 0. The van der Waals surface area contributed by atoms with Gasteiger partial charge in [-0.15, -0.1) is 0 Å². The smallest absolute Gasteiger partial charge is 0.343 e. The lowest BCUT2D eigenvalue weighted by molar-refractivity contribution is 0.0731. The molecule has 7 nitrogen and oxygen atoms in total. The summed E-state index contributed by atoms with van der Waals surface area (Å²) in [5.41, 5.74) is 0.477. The van der Waals surface area contributed by atoms with Gasteiger partial charge in [-0.1, -0.05) is 36.4 Å². The van der Waals surface area contributed by atoms with Crippen LogP contribution in [0.15, 0.2) is 83.8 Å². The van der Waals surface area contributed by atoms with Gasteiger partial charge in [0.25, 0.3) is 10.1 Å². The zero-order chi connectivity index (χ0) is 20.1. The number of ether oxygens (including phenoxy) is 2. The van der Waals surface area contributed by atoms with E-state index in [0.29, 0.717) is 0 Å². The fraction of sp³-hybridized carbons (Fsp3) is 0. The van der Waals surface area contributed by atoms with Crippen LogP contribution in [0.25, 0.3) is 0 Å². The minimum Gasteiger partial charge on any atom is -0.423 e. The molecule has 0 aliphatic heterocycles. The van der Waals surface area contributed by atoms with Gasteiger partial charge >= 0.3 is 11.9 Å². The van der Waals surface area contributed by atoms with Crippen molar-refractivity contribution in [3.63, 3.8) is 0 Å². The molecule has 0 saturated carbocycles. The Morgan fingerprint density at radius 1 is 0.679 bits per heavy atom. The molecule has 28 heavy (non-hydrogen) atoms. The van der Waals surface area contributed by atoms with Crippen molar-refractivity contribution in [2.45, 2.75) is 4.90 Å². The second-order valence-corrected chi connectivity index (χ2v) is 7.05. The molecule has 142 valence electrons. The Morgan fingerprint density at radius 2 is 1.07 bits per heavy atom. The van der Waals surface area contributed by atoms with Crippen LogP contribution in [0.4, 0.5) is 0 Å². The number of hydrogen-bond donors (Lipinski definition) is 1. The molecular weight excluding hydrogens is 384 g/mol. The summed E-state index contributed by atoms with van der Waals surface area (Å²) < 4.78 is 42.7. The summed E-state index contributed by atoms with van der Waals surface area (Å²) in [4.78, 5) is 23.8. The molecule has 0 amide bonds. The molecule has 0 aliphatic carbocycles. The molecule has 0 aliphatic rings. The van der Waals surface area contributed by atoms with Gasteiger partial charge in [-0.3, -0.25) is 4.55 Å². The quantitative estimate of drug-likeness (QED) is 0.399. The third-order valence-electron chi connectivity index (χ3n) is 3.59. The second-order valence-electron chi connectivity index (χ2n) is 5.63. The van der Waals surface area contributed by atoms with Gasteiger partial charge in [0.2, 0.25) is 0 Å². The third kappa shape index (κ3) is 4.81. The van der Waals surface area contributed by atoms with Crippen molar-refractivity contribution >= 4 is 22.1 Å². The minimum atomic E-state index is -4.63.